The molecule has 0 unspecified atom stereocenters. The molecule has 0 amide bonds. The van der Waals surface area contributed by atoms with Crippen molar-refractivity contribution in [3.63, 3.8) is 0 Å². The Bertz CT molecular complexity index is 458. The van der Waals surface area contributed by atoms with E-state index in [0.29, 0.717) is 0 Å². The highest BCUT2D eigenvalue weighted by atomic mass is 14.9. The first-order valence-electron chi connectivity index (χ1n) is 4.55. The van der Waals surface area contributed by atoms with Crippen molar-refractivity contribution in [1.29, 1.82) is 0 Å². The average Bonchev–Trinajstić information content (AvgIpc) is 2.15. The molecule has 0 aliphatic carbocycles. The number of hydrogen-bond donors (Lipinski definition) is 0. The minimum atomic E-state index is 1.30. The van der Waals surface area contributed by atoms with Crippen LogP contribution in [0.4, 0.5) is 0 Å². The molecule has 1 aromatic carbocycles. The summed E-state index contributed by atoms with van der Waals surface area (Å²) in [6.07, 6.45) is 0. The van der Waals surface area contributed by atoms with Gasteiger partial charge in [0.25, 0.3) is 0 Å². The number of fused-ring (bicyclic) bond motifs is 1. The normalized spacial score (nSPS) is 10.7. The average molecular weight is 172 g/mol. The second-order valence-corrected chi connectivity index (χ2v) is 3.52. The van der Waals surface area contributed by atoms with E-state index in [1.807, 2.05) is 0 Å². The first kappa shape index (κ1) is 8.24. The van der Waals surface area contributed by atoms with Gasteiger partial charge in [0, 0.05) is 25.3 Å². The van der Waals surface area contributed by atoms with Gasteiger partial charge in [0.2, 0.25) is 0 Å². The lowest BCUT2D eigenvalue weighted by Gasteiger charge is -2.02. The zero-order chi connectivity index (χ0) is 9.42. The molecule has 1 aromatic heterocycles. The van der Waals surface area contributed by atoms with Crippen molar-refractivity contribution < 1.29 is 4.57 Å². The molecule has 0 radical (unpaired) electrons. The highest BCUT2D eigenvalue weighted by Crippen LogP contribution is 2.15. The van der Waals surface area contributed by atoms with E-state index in [2.05, 4.69) is 55.8 Å². The van der Waals surface area contributed by atoms with E-state index in [-0.39, 0.29) is 0 Å². The van der Waals surface area contributed by atoms with Crippen LogP contribution >= 0.6 is 0 Å². The van der Waals surface area contributed by atoms with E-state index in [1.165, 1.54) is 22.2 Å². The van der Waals surface area contributed by atoms with Gasteiger partial charge < -0.3 is 0 Å². The monoisotopic (exact) mass is 172 g/mol. The Morgan fingerprint density at radius 3 is 2.54 bits per heavy atom. The molecule has 1 heteroatoms. The van der Waals surface area contributed by atoms with Crippen LogP contribution in [0.1, 0.15) is 11.4 Å². The topological polar surface area (TPSA) is 3.88 Å². The van der Waals surface area contributed by atoms with Crippen molar-refractivity contribution >= 4 is 10.8 Å². The van der Waals surface area contributed by atoms with Crippen molar-refractivity contribution in [2.75, 3.05) is 0 Å². The maximum Gasteiger partial charge on any atom is 0.186 e. The largest absolute Gasteiger partial charge is 0.202 e. The lowest BCUT2D eigenvalue weighted by atomic mass is 10.1. The Kier molecular flexibility index (Phi) is 1.80. The van der Waals surface area contributed by atoms with Crippen molar-refractivity contribution in [2.24, 2.45) is 7.05 Å². The Morgan fingerprint density at radius 1 is 1.08 bits per heavy atom. The summed E-state index contributed by atoms with van der Waals surface area (Å²) in [6.45, 7) is 4.30. The fourth-order valence-corrected chi connectivity index (χ4v) is 1.72. The molecule has 0 aliphatic rings. The summed E-state index contributed by atoms with van der Waals surface area (Å²) < 4.78 is 2.22. The van der Waals surface area contributed by atoms with Crippen LogP contribution in [0.2, 0.25) is 0 Å². The summed E-state index contributed by atoms with van der Waals surface area (Å²) in [4.78, 5) is 0. The number of hydrogen-bond acceptors (Lipinski definition) is 0. The second-order valence-electron chi connectivity index (χ2n) is 3.52. The highest BCUT2D eigenvalue weighted by molar-refractivity contribution is 5.83. The summed E-state index contributed by atoms with van der Waals surface area (Å²) >= 11 is 0. The van der Waals surface area contributed by atoms with Gasteiger partial charge in [0.05, 0.1) is 0 Å². The van der Waals surface area contributed by atoms with Crippen LogP contribution in [0, 0.1) is 13.8 Å². The van der Waals surface area contributed by atoms with Crippen LogP contribution in [0.25, 0.3) is 10.8 Å². The lowest BCUT2D eigenvalue weighted by Crippen LogP contribution is -2.35. The maximum absolute atomic E-state index is 2.22. The third kappa shape index (κ3) is 1.21. The van der Waals surface area contributed by atoms with Crippen molar-refractivity contribution in [3.8, 4) is 0 Å². The summed E-state index contributed by atoms with van der Waals surface area (Å²) in [5.74, 6) is 0. The second kappa shape index (κ2) is 2.84. The fourth-order valence-electron chi connectivity index (χ4n) is 1.72. The molecule has 0 N–H and O–H groups in total. The Hall–Kier alpha value is -1.37. The van der Waals surface area contributed by atoms with Gasteiger partial charge in [-0.3, -0.25) is 0 Å². The predicted octanol–water partition coefficient (Wildman–Crippen LogP) is 2.28. The van der Waals surface area contributed by atoms with Gasteiger partial charge in [-0.05, 0) is 11.5 Å². The van der Waals surface area contributed by atoms with E-state index in [4.69, 9.17) is 0 Å². The van der Waals surface area contributed by atoms with Gasteiger partial charge in [-0.25, -0.2) is 4.57 Å². The number of aryl methyl sites for hydroxylation is 2. The van der Waals surface area contributed by atoms with Crippen molar-refractivity contribution in [2.45, 2.75) is 13.8 Å². The first-order valence-corrected chi connectivity index (χ1v) is 4.55. The molecule has 1 heterocycles. The first-order chi connectivity index (χ1) is 6.20. The maximum atomic E-state index is 2.22. The molecule has 13 heavy (non-hydrogen) atoms. The van der Waals surface area contributed by atoms with Gasteiger partial charge in [0.1, 0.15) is 7.05 Å². The van der Waals surface area contributed by atoms with Gasteiger partial charge in [-0.1, -0.05) is 18.2 Å². The van der Waals surface area contributed by atoms with Crippen molar-refractivity contribution in [3.05, 3.63) is 41.7 Å². The molecule has 1 nitrogen and oxygen atoms in total. The van der Waals surface area contributed by atoms with Crippen LogP contribution in [-0.4, -0.2) is 0 Å². The molecule has 0 atom stereocenters. The summed E-state index contributed by atoms with van der Waals surface area (Å²) in [6, 6.07) is 10.7. The summed E-state index contributed by atoms with van der Waals surface area (Å²) in [5.41, 5.74) is 2.63. The van der Waals surface area contributed by atoms with Crippen LogP contribution in [0.5, 0.6) is 0 Å². The SMILES string of the molecule is Cc1cc2ccccc2c(C)[n+]1C. The van der Waals surface area contributed by atoms with E-state index in [9.17, 15) is 0 Å². The van der Waals surface area contributed by atoms with E-state index in [1.54, 1.807) is 0 Å². The molecule has 66 valence electrons. The smallest absolute Gasteiger partial charge is 0.186 e. The Labute approximate surface area is 78.6 Å². The molecule has 2 aromatic rings. The van der Waals surface area contributed by atoms with E-state index in [0.717, 1.165) is 0 Å². The molecule has 0 saturated carbocycles. The number of benzene rings is 1. The molecular formula is C12H14N+. The van der Waals surface area contributed by atoms with Crippen LogP contribution in [-0.2, 0) is 7.05 Å². The number of pyridine rings is 1. The van der Waals surface area contributed by atoms with Crippen LogP contribution in [0.15, 0.2) is 30.3 Å². The Balaban J connectivity index is 2.94. The van der Waals surface area contributed by atoms with Crippen molar-refractivity contribution in [1.82, 2.24) is 0 Å². The van der Waals surface area contributed by atoms with Gasteiger partial charge in [0.15, 0.2) is 11.4 Å². The lowest BCUT2D eigenvalue weighted by molar-refractivity contribution is -0.682. The number of rotatable bonds is 0. The van der Waals surface area contributed by atoms with Gasteiger partial charge in [-0.2, -0.15) is 0 Å². The van der Waals surface area contributed by atoms with E-state index < -0.39 is 0 Å². The molecule has 0 aliphatic heterocycles. The predicted molar refractivity (Wildman–Crippen MR) is 54.6 cm³/mol. The van der Waals surface area contributed by atoms with Crippen LogP contribution < -0.4 is 4.57 Å². The standard InChI is InChI=1S/C12H14N/c1-9-8-11-6-4-5-7-12(11)10(2)13(9)3/h4-8H,1-3H3/q+1. The fraction of sp³-hybridized carbons (Fsp3) is 0.250. The minimum absolute atomic E-state index is 1.30. The summed E-state index contributed by atoms with van der Waals surface area (Å²) in [5, 5.41) is 2.67. The van der Waals surface area contributed by atoms with Crippen LogP contribution in [0.3, 0.4) is 0 Å². The number of nitrogens with zero attached hydrogens (tertiary/aromatic N) is 1. The van der Waals surface area contributed by atoms with E-state index >= 15 is 0 Å². The molecule has 0 fully saturated rings. The zero-order valence-corrected chi connectivity index (χ0v) is 8.33. The van der Waals surface area contributed by atoms with Gasteiger partial charge in [-0.15, -0.1) is 0 Å². The third-order valence-electron chi connectivity index (χ3n) is 2.75. The van der Waals surface area contributed by atoms with Gasteiger partial charge >= 0.3 is 0 Å². The molecule has 0 spiro atoms. The minimum Gasteiger partial charge on any atom is -0.202 e. The Morgan fingerprint density at radius 2 is 1.77 bits per heavy atom. The molecule has 0 saturated heterocycles. The highest BCUT2D eigenvalue weighted by Gasteiger charge is 2.09. The summed E-state index contributed by atoms with van der Waals surface area (Å²) in [7, 11) is 2.11. The molecule has 0 bridgehead atoms. The quantitative estimate of drug-likeness (QED) is 0.537. The molecule has 2 rings (SSSR count). The zero-order valence-electron chi connectivity index (χ0n) is 8.33. The number of aromatic nitrogens is 1. The molecular weight excluding hydrogens is 158 g/mol. The third-order valence-corrected chi connectivity index (χ3v) is 2.75.